The lowest BCUT2D eigenvalue weighted by Crippen LogP contribution is -2.42. The molecule has 1 unspecified atom stereocenters. The number of urea groups is 1. The summed E-state index contributed by atoms with van der Waals surface area (Å²) in [7, 11) is 0. The van der Waals surface area contributed by atoms with Crippen molar-refractivity contribution in [2.45, 2.75) is 18.8 Å². The molecule has 0 radical (unpaired) electrons. The molecule has 0 bridgehead atoms. The van der Waals surface area contributed by atoms with Gasteiger partial charge in [0.25, 0.3) is 5.91 Å². The monoisotopic (exact) mass is 486 g/mol. The smallest absolute Gasteiger partial charge is 0.406 e. The molecule has 1 atom stereocenters. The van der Waals surface area contributed by atoms with Crippen LogP contribution >= 0.6 is 15.9 Å². The molecule has 1 saturated heterocycles. The minimum absolute atomic E-state index is 0.229. The molecule has 0 aliphatic carbocycles. The quantitative estimate of drug-likeness (QED) is 0.632. The van der Waals surface area contributed by atoms with Crippen LogP contribution in [-0.2, 0) is 15.1 Å². The van der Waals surface area contributed by atoms with Gasteiger partial charge in [-0.1, -0.05) is 12.1 Å². The Bertz CT molecular complexity index is 982. The van der Waals surface area contributed by atoms with Crippen molar-refractivity contribution in [1.29, 1.82) is 0 Å². The highest BCUT2D eigenvalue weighted by molar-refractivity contribution is 9.10. The molecule has 0 saturated carbocycles. The highest BCUT2D eigenvalue weighted by Gasteiger charge is 2.49. The zero-order chi connectivity index (χ0) is 22.1. The second-order valence-corrected chi connectivity index (χ2v) is 7.34. The summed E-state index contributed by atoms with van der Waals surface area (Å²) >= 11 is 3.21. The molecule has 1 aromatic carbocycles. The van der Waals surface area contributed by atoms with Crippen LogP contribution in [0, 0.1) is 0 Å². The van der Waals surface area contributed by atoms with E-state index in [1.54, 1.807) is 6.07 Å². The van der Waals surface area contributed by atoms with E-state index >= 15 is 0 Å². The lowest BCUT2D eigenvalue weighted by molar-refractivity contribution is -0.274. The Morgan fingerprint density at radius 3 is 2.47 bits per heavy atom. The van der Waals surface area contributed by atoms with Gasteiger partial charge in [-0.25, -0.2) is 9.78 Å². The van der Waals surface area contributed by atoms with Crippen LogP contribution in [0.4, 0.5) is 23.8 Å². The molecule has 4 amide bonds. The van der Waals surface area contributed by atoms with Crippen molar-refractivity contribution in [2.75, 3.05) is 11.9 Å². The first kappa shape index (κ1) is 21.6. The van der Waals surface area contributed by atoms with E-state index in [0.29, 0.717) is 9.37 Å². The van der Waals surface area contributed by atoms with Crippen molar-refractivity contribution in [3.05, 3.63) is 52.6 Å². The van der Waals surface area contributed by atoms with E-state index in [-0.39, 0.29) is 11.4 Å². The number of pyridine rings is 1. The van der Waals surface area contributed by atoms with Crippen LogP contribution in [0.5, 0.6) is 5.75 Å². The number of carbonyl (C=O) groups is 3. The van der Waals surface area contributed by atoms with Crippen LogP contribution < -0.4 is 15.4 Å². The van der Waals surface area contributed by atoms with Gasteiger partial charge < -0.3 is 15.4 Å². The standard InChI is InChI=1S/C18H14BrF3N4O4/c1-17(10-2-5-12(6-3-10)30-18(20,21)22)15(28)26(16(29)25-17)9-14(27)24-13-7-4-11(19)8-23-13/h2-8H,9H2,1H3,(H,25,29)(H,23,24,27). The third-order valence-electron chi connectivity index (χ3n) is 4.24. The van der Waals surface area contributed by atoms with Crippen molar-refractivity contribution in [3.8, 4) is 5.75 Å². The van der Waals surface area contributed by atoms with E-state index in [0.717, 1.165) is 12.1 Å². The van der Waals surface area contributed by atoms with Crippen molar-refractivity contribution in [3.63, 3.8) is 0 Å². The number of imide groups is 1. The molecule has 158 valence electrons. The van der Waals surface area contributed by atoms with Gasteiger partial charge in [-0.3, -0.25) is 14.5 Å². The van der Waals surface area contributed by atoms with Gasteiger partial charge in [-0.2, -0.15) is 0 Å². The number of aromatic nitrogens is 1. The van der Waals surface area contributed by atoms with Gasteiger partial charge in [0.15, 0.2) is 0 Å². The number of carbonyl (C=O) groups excluding carboxylic acids is 3. The Morgan fingerprint density at radius 2 is 1.90 bits per heavy atom. The number of hydrogen-bond donors (Lipinski definition) is 2. The van der Waals surface area contributed by atoms with Gasteiger partial charge in [0.2, 0.25) is 5.91 Å². The molecule has 1 aliphatic rings. The Hall–Kier alpha value is -3.15. The Morgan fingerprint density at radius 1 is 1.23 bits per heavy atom. The average Bonchev–Trinajstić information content (AvgIpc) is 2.87. The van der Waals surface area contributed by atoms with Gasteiger partial charge in [0.1, 0.15) is 23.7 Å². The molecule has 2 N–H and O–H groups in total. The molecule has 1 fully saturated rings. The first-order valence-corrected chi connectivity index (χ1v) is 9.19. The first-order chi connectivity index (χ1) is 14.0. The largest absolute Gasteiger partial charge is 0.573 e. The van der Waals surface area contributed by atoms with Crippen LogP contribution in [0.15, 0.2) is 47.1 Å². The number of ether oxygens (including phenoxy) is 1. The fraction of sp³-hybridized carbons (Fsp3) is 0.222. The molecular weight excluding hydrogens is 473 g/mol. The van der Waals surface area contributed by atoms with Gasteiger partial charge in [-0.15, -0.1) is 13.2 Å². The molecule has 1 aromatic heterocycles. The number of hydrogen-bond acceptors (Lipinski definition) is 5. The fourth-order valence-electron chi connectivity index (χ4n) is 2.80. The van der Waals surface area contributed by atoms with Gasteiger partial charge in [0, 0.05) is 10.7 Å². The molecule has 8 nitrogen and oxygen atoms in total. The van der Waals surface area contributed by atoms with Crippen LogP contribution in [-0.4, -0.2) is 40.6 Å². The van der Waals surface area contributed by atoms with Crippen LogP contribution in [0.2, 0.25) is 0 Å². The van der Waals surface area contributed by atoms with Gasteiger partial charge in [-0.05, 0) is 52.7 Å². The maximum Gasteiger partial charge on any atom is 0.573 e. The molecule has 30 heavy (non-hydrogen) atoms. The molecule has 2 heterocycles. The van der Waals surface area contributed by atoms with Crippen molar-refractivity contribution in [1.82, 2.24) is 15.2 Å². The van der Waals surface area contributed by atoms with E-state index in [1.165, 1.54) is 31.3 Å². The number of rotatable bonds is 5. The van der Waals surface area contributed by atoms with Crippen LogP contribution in [0.25, 0.3) is 0 Å². The Labute approximate surface area is 176 Å². The molecule has 1 aliphatic heterocycles. The Kier molecular flexibility index (Phi) is 5.70. The van der Waals surface area contributed by atoms with Crippen molar-refractivity contribution in [2.24, 2.45) is 0 Å². The molecule has 0 spiro atoms. The number of anilines is 1. The molecule has 2 aromatic rings. The fourth-order valence-corrected chi connectivity index (χ4v) is 3.04. The maximum absolute atomic E-state index is 12.8. The summed E-state index contributed by atoms with van der Waals surface area (Å²) in [5.41, 5.74) is -1.32. The van der Waals surface area contributed by atoms with Crippen molar-refractivity contribution >= 4 is 39.6 Å². The summed E-state index contributed by atoms with van der Waals surface area (Å²) in [5, 5.41) is 4.93. The second kappa shape index (κ2) is 7.94. The SMILES string of the molecule is CC1(c2ccc(OC(F)(F)F)cc2)NC(=O)N(CC(=O)Nc2ccc(Br)cn2)C1=O. The lowest BCUT2D eigenvalue weighted by atomic mass is 9.92. The Balaban J connectivity index is 1.71. The van der Waals surface area contributed by atoms with Crippen molar-refractivity contribution < 1.29 is 32.3 Å². The minimum atomic E-state index is -4.85. The molecule has 3 rings (SSSR count). The summed E-state index contributed by atoms with van der Waals surface area (Å²) in [6, 6.07) is 6.90. The predicted molar refractivity (Wildman–Crippen MR) is 101 cm³/mol. The predicted octanol–water partition coefficient (Wildman–Crippen LogP) is 3.15. The molecule has 12 heteroatoms. The zero-order valence-corrected chi connectivity index (χ0v) is 16.9. The van der Waals surface area contributed by atoms with E-state index in [1.807, 2.05) is 0 Å². The van der Waals surface area contributed by atoms with E-state index in [4.69, 9.17) is 0 Å². The number of nitrogens with one attached hydrogen (secondary N) is 2. The zero-order valence-electron chi connectivity index (χ0n) is 15.3. The van der Waals surface area contributed by atoms with Crippen LogP contribution in [0.3, 0.4) is 0 Å². The lowest BCUT2D eigenvalue weighted by Gasteiger charge is -2.22. The number of amides is 4. The third-order valence-corrected chi connectivity index (χ3v) is 4.71. The van der Waals surface area contributed by atoms with E-state index in [9.17, 15) is 27.6 Å². The third kappa shape index (κ3) is 4.70. The normalized spacial score (nSPS) is 18.9. The topological polar surface area (TPSA) is 101 Å². The number of benzene rings is 1. The van der Waals surface area contributed by atoms with E-state index in [2.05, 4.69) is 36.3 Å². The first-order valence-electron chi connectivity index (χ1n) is 8.40. The van der Waals surface area contributed by atoms with E-state index < -0.39 is 42.0 Å². The number of alkyl halides is 3. The van der Waals surface area contributed by atoms with Gasteiger partial charge in [0.05, 0.1) is 0 Å². The van der Waals surface area contributed by atoms with Crippen LogP contribution in [0.1, 0.15) is 12.5 Å². The summed E-state index contributed by atoms with van der Waals surface area (Å²) < 4.78 is 41.4. The number of halogens is 4. The highest BCUT2D eigenvalue weighted by Crippen LogP contribution is 2.31. The summed E-state index contributed by atoms with van der Waals surface area (Å²) in [6.45, 7) is 0.828. The van der Waals surface area contributed by atoms with Gasteiger partial charge >= 0.3 is 12.4 Å². The summed E-state index contributed by atoms with van der Waals surface area (Å²) in [4.78, 5) is 42.0. The average molecular weight is 487 g/mol. The summed E-state index contributed by atoms with van der Waals surface area (Å²) in [5.74, 6) is -1.61. The minimum Gasteiger partial charge on any atom is -0.406 e. The highest BCUT2D eigenvalue weighted by atomic mass is 79.9. The maximum atomic E-state index is 12.8. The summed E-state index contributed by atoms with van der Waals surface area (Å²) in [6.07, 6.45) is -3.39. The molecular formula is C18H14BrF3N4O4. The number of nitrogens with zero attached hydrogens (tertiary/aromatic N) is 2. The second-order valence-electron chi connectivity index (χ2n) is 6.43.